The molecule has 0 aromatic rings. The minimum atomic E-state index is -0.616. The molecule has 4 heteroatoms. The summed E-state index contributed by atoms with van der Waals surface area (Å²) < 4.78 is 11.9. The summed E-state index contributed by atoms with van der Waals surface area (Å²) in [5.41, 5.74) is -1.15. The Balaban J connectivity index is 2.08. The highest BCUT2D eigenvalue weighted by Gasteiger charge is 2.66. The lowest BCUT2D eigenvalue weighted by Gasteiger charge is -2.44. The van der Waals surface area contributed by atoms with Gasteiger partial charge in [0.15, 0.2) is 0 Å². The molecular weight excluding hydrogens is 304 g/mol. The van der Waals surface area contributed by atoms with Crippen molar-refractivity contribution >= 4 is 11.8 Å². The van der Waals surface area contributed by atoms with Gasteiger partial charge in [0.25, 0.3) is 0 Å². The van der Waals surface area contributed by atoms with Crippen LogP contribution in [0.4, 0.5) is 0 Å². The molecule has 2 atom stereocenters. The molecule has 0 N–H and O–H groups in total. The highest BCUT2D eigenvalue weighted by Crippen LogP contribution is 2.57. The zero-order valence-corrected chi connectivity index (χ0v) is 16.1. The normalized spacial score (nSPS) is 35.0. The summed E-state index contributed by atoms with van der Waals surface area (Å²) in [5.74, 6) is 0.0568. The summed E-state index contributed by atoms with van der Waals surface area (Å²) in [6.07, 6.45) is 7.66. The Bertz CT molecular complexity index is 480. The molecule has 0 amide bonds. The van der Waals surface area contributed by atoms with Crippen LogP contribution in [0.2, 0.25) is 0 Å². The molecule has 2 rings (SSSR count). The Hall–Kier alpha value is -0.900. The molecule has 2 aliphatic rings. The molecule has 0 radical (unpaired) electrons. The minimum absolute atomic E-state index is 0.214. The maximum absolute atomic E-state index is 12.2. The smallest absolute Gasteiger partial charge is 0.306 e. The van der Waals surface area contributed by atoms with Crippen molar-refractivity contribution in [3.63, 3.8) is 0 Å². The molecule has 0 spiro atoms. The monoisotopic (exact) mass is 338 g/mol. The first kappa shape index (κ1) is 19.4. The van der Waals surface area contributed by atoms with Gasteiger partial charge >= 0.3 is 5.97 Å². The molecule has 4 nitrogen and oxygen atoms in total. The number of esters is 1. The molecule has 0 bridgehead atoms. The molecule has 0 saturated carbocycles. The first-order chi connectivity index (χ1) is 11.1. The van der Waals surface area contributed by atoms with E-state index in [1.165, 1.54) is 0 Å². The van der Waals surface area contributed by atoms with E-state index in [1.54, 1.807) is 0 Å². The van der Waals surface area contributed by atoms with Gasteiger partial charge in [-0.15, -0.1) is 0 Å². The molecule has 24 heavy (non-hydrogen) atoms. The number of fused-ring (bicyclic) bond motifs is 1. The van der Waals surface area contributed by atoms with Gasteiger partial charge in [0.05, 0.1) is 6.10 Å². The molecule has 2 heterocycles. The second-order valence-corrected chi connectivity index (χ2v) is 8.67. The summed E-state index contributed by atoms with van der Waals surface area (Å²) in [6.45, 7) is 10.4. The third kappa shape index (κ3) is 4.01. The summed E-state index contributed by atoms with van der Waals surface area (Å²) in [4.78, 5) is 24.1. The van der Waals surface area contributed by atoms with E-state index >= 15 is 0 Å². The Labute approximate surface area is 146 Å². The zero-order chi connectivity index (χ0) is 18.0. The van der Waals surface area contributed by atoms with Gasteiger partial charge in [-0.1, -0.05) is 33.1 Å². The Morgan fingerprint density at radius 2 is 1.46 bits per heavy atom. The number of epoxide rings is 1. The Kier molecular flexibility index (Phi) is 5.79. The maximum atomic E-state index is 12.2. The third-order valence-electron chi connectivity index (χ3n) is 6.57. The Morgan fingerprint density at radius 1 is 0.833 bits per heavy atom. The number of carbonyl (C=O) groups excluding carboxylic acids is 2. The number of ketones is 1. The van der Waals surface area contributed by atoms with Crippen molar-refractivity contribution in [1.29, 1.82) is 0 Å². The van der Waals surface area contributed by atoms with Crippen LogP contribution in [0.25, 0.3) is 0 Å². The number of carbonyl (C=O) groups is 2. The molecule has 2 saturated heterocycles. The molecule has 2 fully saturated rings. The number of hydrogen-bond donors (Lipinski definition) is 0. The number of ether oxygens (including phenoxy) is 2. The molecule has 0 aliphatic carbocycles. The second kappa shape index (κ2) is 7.15. The van der Waals surface area contributed by atoms with Crippen LogP contribution in [-0.4, -0.2) is 29.1 Å². The summed E-state index contributed by atoms with van der Waals surface area (Å²) in [7, 11) is 0. The molecular formula is C20H34O4. The fourth-order valence-corrected chi connectivity index (χ4v) is 3.77. The van der Waals surface area contributed by atoms with Crippen LogP contribution in [0.15, 0.2) is 0 Å². The molecule has 2 aliphatic heterocycles. The maximum Gasteiger partial charge on any atom is 0.306 e. The van der Waals surface area contributed by atoms with Crippen molar-refractivity contribution in [2.75, 3.05) is 0 Å². The topological polar surface area (TPSA) is 55.9 Å². The van der Waals surface area contributed by atoms with Crippen LogP contribution >= 0.6 is 0 Å². The number of Topliss-reactive ketones (excluding diaryl/α,β-unsaturated/α-hetero) is 1. The number of cyclic esters (lactones) is 1. The van der Waals surface area contributed by atoms with Gasteiger partial charge in [0, 0.05) is 24.7 Å². The summed E-state index contributed by atoms with van der Waals surface area (Å²) in [6, 6.07) is 0. The number of hydrogen-bond acceptors (Lipinski definition) is 4. The molecule has 0 aromatic carbocycles. The quantitative estimate of drug-likeness (QED) is 0.479. The van der Waals surface area contributed by atoms with E-state index in [1.807, 2.05) is 13.8 Å². The highest BCUT2D eigenvalue weighted by molar-refractivity contribution is 5.79. The van der Waals surface area contributed by atoms with Crippen LogP contribution < -0.4 is 0 Å². The van der Waals surface area contributed by atoms with E-state index < -0.39 is 5.60 Å². The van der Waals surface area contributed by atoms with Crippen molar-refractivity contribution in [1.82, 2.24) is 0 Å². The van der Waals surface area contributed by atoms with E-state index in [-0.39, 0.29) is 28.9 Å². The van der Waals surface area contributed by atoms with Gasteiger partial charge < -0.3 is 9.47 Å². The predicted octanol–water partition coefficient (Wildman–Crippen LogP) is 4.59. The zero-order valence-electron chi connectivity index (χ0n) is 16.1. The first-order valence-corrected chi connectivity index (χ1v) is 9.51. The standard InChI is InChI=1S/C20H34O4/c1-18(2)19(3,4)24-17(22)14-10-12-15(21)11-8-6-7-9-13-16-20(18,5)23-16/h16H,6-14H2,1-5H3. The second-order valence-electron chi connectivity index (χ2n) is 8.67. The minimum Gasteiger partial charge on any atom is -0.459 e. The van der Waals surface area contributed by atoms with E-state index in [4.69, 9.17) is 9.47 Å². The van der Waals surface area contributed by atoms with Crippen molar-refractivity contribution in [2.24, 2.45) is 5.41 Å². The fourth-order valence-electron chi connectivity index (χ4n) is 3.77. The molecule has 138 valence electrons. The van der Waals surface area contributed by atoms with Crippen LogP contribution in [-0.2, 0) is 19.1 Å². The van der Waals surface area contributed by atoms with E-state index in [0.29, 0.717) is 25.7 Å². The van der Waals surface area contributed by atoms with Crippen LogP contribution in [0, 0.1) is 5.41 Å². The van der Waals surface area contributed by atoms with E-state index in [2.05, 4.69) is 20.8 Å². The van der Waals surface area contributed by atoms with Crippen LogP contribution in [0.5, 0.6) is 0 Å². The van der Waals surface area contributed by atoms with Gasteiger partial charge in [-0.05, 0) is 40.0 Å². The van der Waals surface area contributed by atoms with Crippen molar-refractivity contribution in [3.05, 3.63) is 0 Å². The van der Waals surface area contributed by atoms with E-state index in [0.717, 1.165) is 32.1 Å². The van der Waals surface area contributed by atoms with Gasteiger partial charge in [0.1, 0.15) is 17.0 Å². The summed E-state index contributed by atoms with van der Waals surface area (Å²) >= 11 is 0. The van der Waals surface area contributed by atoms with Crippen molar-refractivity contribution < 1.29 is 19.1 Å². The van der Waals surface area contributed by atoms with Gasteiger partial charge in [0.2, 0.25) is 0 Å². The highest BCUT2D eigenvalue weighted by atomic mass is 16.6. The fraction of sp³-hybridized carbons (Fsp3) is 0.900. The largest absolute Gasteiger partial charge is 0.459 e. The average molecular weight is 338 g/mol. The van der Waals surface area contributed by atoms with E-state index in [9.17, 15) is 9.59 Å². The first-order valence-electron chi connectivity index (χ1n) is 9.51. The lowest BCUT2D eigenvalue weighted by Crippen LogP contribution is -2.52. The van der Waals surface area contributed by atoms with Gasteiger partial charge in [-0.25, -0.2) is 0 Å². The van der Waals surface area contributed by atoms with Crippen molar-refractivity contribution in [2.45, 2.75) is 110 Å². The molecule has 0 aromatic heterocycles. The molecule has 2 unspecified atom stereocenters. The third-order valence-corrected chi connectivity index (χ3v) is 6.57. The number of rotatable bonds is 0. The Morgan fingerprint density at radius 3 is 2.17 bits per heavy atom. The van der Waals surface area contributed by atoms with Crippen LogP contribution in [0.1, 0.15) is 92.4 Å². The predicted molar refractivity (Wildman–Crippen MR) is 93.8 cm³/mol. The van der Waals surface area contributed by atoms with Crippen molar-refractivity contribution in [3.8, 4) is 0 Å². The SMILES string of the molecule is CC1(C)OC(=O)CCCC(=O)CCCCCCC2OC2(C)C1(C)C. The summed E-state index contributed by atoms with van der Waals surface area (Å²) in [5, 5.41) is 0. The average Bonchev–Trinajstić information content (AvgIpc) is 3.13. The van der Waals surface area contributed by atoms with Gasteiger partial charge in [-0.2, -0.15) is 0 Å². The lowest BCUT2D eigenvalue weighted by atomic mass is 9.66. The van der Waals surface area contributed by atoms with Gasteiger partial charge in [-0.3, -0.25) is 9.59 Å². The van der Waals surface area contributed by atoms with Crippen LogP contribution in [0.3, 0.4) is 0 Å². The lowest BCUT2D eigenvalue weighted by molar-refractivity contribution is -0.174.